The number of aromatic amines is 1. The van der Waals surface area contributed by atoms with Gasteiger partial charge in [-0.15, -0.1) is 0 Å². The lowest BCUT2D eigenvalue weighted by Gasteiger charge is -2.03. The zero-order chi connectivity index (χ0) is 10.9. The largest absolute Gasteiger partial charge is 0.396 e. The van der Waals surface area contributed by atoms with Gasteiger partial charge < -0.3 is 15.4 Å². The topological polar surface area (TPSA) is 78.0 Å². The standard InChI is InChI=1S/C10H17N3O2/c14-8-4-2-1-3-5-11-9-10(15)13-7-6-12-9/h6-7,14H,1-5,8H2,(H,11,12)(H,13,15). The molecule has 0 aromatic carbocycles. The summed E-state index contributed by atoms with van der Waals surface area (Å²) in [6.45, 7) is 0.999. The van der Waals surface area contributed by atoms with Gasteiger partial charge in [-0.2, -0.15) is 0 Å². The van der Waals surface area contributed by atoms with Gasteiger partial charge in [0.05, 0.1) is 0 Å². The summed E-state index contributed by atoms with van der Waals surface area (Å²) in [6.07, 6.45) is 6.97. The summed E-state index contributed by atoms with van der Waals surface area (Å²) in [6, 6.07) is 0. The van der Waals surface area contributed by atoms with Crippen molar-refractivity contribution in [3.8, 4) is 0 Å². The molecule has 0 atom stereocenters. The summed E-state index contributed by atoms with van der Waals surface area (Å²) < 4.78 is 0. The number of nitrogens with zero attached hydrogens (tertiary/aromatic N) is 1. The van der Waals surface area contributed by atoms with Crippen molar-refractivity contribution < 1.29 is 5.11 Å². The number of hydrogen-bond acceptors (Lipinski definition) is 4. The molecule has 0 aliphatic heterocycles. The fourth-order valence-corrected chi connectivity index (χ4v) is 1.27. The molecule has 1 heterocycles. The molecule has 84 valence electrons. The molecule has 1 aromatic heterocycles. The van der Waals surface area contributed by atoms with Crippen molar-refractivity contribution in [1.82, 2.24) is 9.97 Å². The Morgan fingerprint density at radius 2 is 2.13 bits per heavy atom. The van der Waals surface area contributed by atoms with Crippen LogP contribution in [0.1, 0.15) is 25.7 Å². The summed E-state index contributed by atoms with van der Waals surface area (Å²) in [5, 5.41) is 11.5. The van der Waals surface area contributed by atoms with E-state index in [1.54, 1.807) is 6.20 Å². The first kappa shape index (κ1) is 11.7. The lowest BCUT2D eigenvalue weighted by atomic mass is 10.2. The molecule has 0 radical (unpaired) electrons. The highest BCUT2D eigenvalue weighted by Crippen LogP contribution is 1.99. The van der Waals surface area contributed by atoms with Gasteiger partial charge in [-0.1, -0.05) is 12.8 Å². The smallest absolute Gasteiger partial charge is 0.290 e. The Kier molecular flexibility index (Phi) is 5.47. The van der Waals surface area contributed by atoms with Gasteiger partial charge in [0.25, 0.3) is 5.56 Å². The van der Waals surface area contributed by atoms with Crippen LogP contribution in [0.3, 0.4) is 0 Å². The number of aliphatic hydroxyl groups is 1. The van der Waals surface area contributed by atoms with Gasteiger partial charge >= 0.3 is 0 Å². The van der Waals surface area contributed by atoms with Gasteiger partial charge in [0, 0.05) is 25.5 Å². The van der Waals surface area contributed by atoms with Crippen LogP contribution in [-0.2, 0) is 0 Å². The molecule has 1 rings (SSSR count). The summed E-state index contributed by atoms with van der Waals surface area (Å²) in [5.74, 6) is 0.375. The Bertz CT molecular complexity index is 324. The Morgan fingerprint density at radius 3 is 2.87 bits per heavy atom. The Morgan fingerprint density at radius 1 is 1.33 bits per heavy atom. The first-order chi connectivity index (χ1) is 7.34. The number of rotatable bonds is 7. The molecule has 0 amide bonds. The predicted octanol–water partition coefficient (Wildman–Crippen LogP) is 0.734. The van der Waals surface area contributed by atoms with E-state index in [0.29, 0.717) is 5.82 Å². The molecular weight excluding hydrogens is 194 g/mol. The lowest BCUT2D eigenvalue weighted by molar-refractivity contribution is 0.283. The number of anilines is 1. The highest BCUT2D eigenvalue weighted by atomic mass is 16.2. The fraction of sp³-hybridized carbons (Fsp3) is 0.600. The van der Waals surface area contributed by atoms with E-state index in [4.69, 9.17) is 5.11 Å². The van der Waals surface area contributed by atoms with E-state index < -0.39 is 0 Å². The van der Waals surface area contributed by atoms with Crippen molar-refractivity contribution in [2.45, 2.75) is 25.7 Å². The Balaban J connectivity index is 2.15. The third kappa shape index (κ3) is 4.60. The molecule has 0 aliphatic carbocycles. The maximum Gasteiger partial charge on any atom is 0.290 e. The predicted molar refractivity (Wildman–Crippen MR) is 58.9 cm³/mol. The summed E-state index contributed by atoms with van der Waals surface area (Å²) in [4.78, 5) is 17.6. The van der Waals surface area contributed by atoms with E-state index in [0.717, 1.165) is 32.2 Å². The van der Waals surface area contributed by atoms with Gasteiger partial charge in [-0.05, 0) is 12.8 Å². The van der Waals surface area contributed by atoms with Crippen LogP contribution >= 0.6 is 0 Å². The minimum atomic E-state index is -0.187. The van der Waals surface area contributed by atoms with Gasteiger partial charge in [-0.25, -0.2) is 4.98 Å². The first-order valence-electron chi connectivity index (χ1n) is 5.23. The van der Waals surface area contributed by atoms with E-state index in [2.05, 4.69) is 15.3 Å². The average Bonchev–Trinajstić information content (AvgIpc) is 2.25. The minimum absolute atomic E-state index is 0.187. The van der Waals surface area contributed by atoms with Crippen LogP contribution in [0.15, 0.2) is 17.2 Å². The monoisotopic (exact) mass is 211 g/mol. The second-order valence-electron chi connectivity index (χ2n) is 3.33. The number of nitrogens with one attached hydrogen (secondary N) is 2. The number of aliphatic hydroxyl groups excluding tert-OH is 1. The molecule has 0 bridgehead atoms. The molecule has 5 heteroatoms. The van der Waals surface area contributed by atoms with E-state index >= 15 is 0 Å². The van der Waals surface area contributed by atoms with Crippen LogP contribution in [0.2, 0.25) is 0 Å². The molecule has 1 aromatic rings. The molecule has 5 nitrogen and oxygen atoms in total. The quantitative estimate of drug-likeness (QED) is 0.581. The fourth-order valence-electron chi connectivity index (χ4n) is 1.27. The first-order valence-corrected chi connectivity index (χ1v) is 5.23. The molecule has 0 unspecified atom stereocenters. The van der Waals surface area contributed by atoms with Gasteiger partial charge in [0.15, 0.2) is 5.82 Å². The van der Waals surface area contributed by atoms with Crippen molar-refractivity contribution in [3.05, 3.63) is 22.7 Å². The molecule has 0 saturated heterocycles. The molecule has 3 N–H and O–H groups in total. The number of H-pyrrole nitrogens is 1. The highest BCUT2D eigenvalue weighted by molar-refractivity contribution is 5.29. The lowest BCUT2D eigenvalue weighted by Crippen LogP contribution is -2.16. The second kappa shape index (κ2) is 7.00. The van der Waals surface area contributed by atoms with Crippen molar-refractivity contribution >= 4 is 5.82 Å². The SMILES string of the molecule is O=c1[nH]ccnc1NCCCCCCO. The Labute approximate surface area is 88.6 Å². The molecule has 0 aliphatic rings. The summed E-state index contributed by atoms with van der Waals surface area (Å²) >= 11 is 0. The van der Waals surface area contributed by atoms with Gasteiger partial charge in [0.1, 0.15) is 0 Å². The van der Waals surface area contributed by atoms with Crippen molar-refractivity contribution in [2.24, 2.45) is 0 Å². The number of unbranched alkanes of at least 4 members (excludes halogenated alkanes) is 3. The number of aromatic nitrogens is 2. The molecule has 0 saturated carbocycles. The number of hydrogen-bond donors (Lipinski definition) is 3. The van der Waals surface area contributed by atoms with Crippen LogP contribution in [-0.4, -0.2) is 28.2 Å². The third-order valence-corrected chi connectivity index (χ3v) is 2.09. The second-order valence-corrected chi connectivity index (χ2v) is 3.33. The van der Waals surface area contributed by atoms with E-state index in [1.165, 1.54) is 6.20 Å². The minimum Gasteiger partial charge on any atom is -0.396 e. The van der Waals surface area contributed by atoms with Crippen LogP contribution in [0.5, 0.6) is 0 Å². The zero-order valence-electron chi connectivity index (χ0n) is 8.70. The molecular formula is C10H17N3O2. The highest BCUT2D eigenvalue weighted by Gasteiger charge is 1.97. The third-order valence-electron chi connectivity index (χ3n) is 2.09. The summed E-state index contributed by atoms with van der Waals surface area (Å²) in [5.41, 5.74) is -0.187. The van der Waals surface area contributed by atoms with Gasteiger partial charge in [-0.3, -0.25) is 4.79 Å². The zero-order valence-corrected chi connectivity index (χ0v) is 8.70. The van der Waals surface area contributed by atoms with Crippen LogP contribution < -0.4 is 10.9 Å². The maximum absolute atomic E-state index is 11.2. The van der Waals surface area contributed by atoms with Crippen LogP contribution in [0, 0.1) is 0 Å². The van der Waals surface area contributed by atoms with Crippen LogP contribution in [0.25, 0.3) is 0 Å². The van der Waals surface area contributed by atoms with E-state index in [1.807, 2.05) is 0 Å². The maximum atomic E-state index is 11.2. The normalized spacial score (nSPS) is 10.2. The van der Waals surface area contributed by atoms with Crippen molar-refractivity contribution in [2.75, 3.05) is 18.5 Å². The Hall–Kier alpha value is -1.36. The van der Waals surface area contributed by atoms with Gasteiger partial charge in [0.2, 0.25) is 0 Å². The molecule has 0 fully saturated rings. The molecule has 15 heavy (non-hydrogen) atoms. The van der Waals surface area contributed by atoms with E-state index in [-0.39, 0.29) is 12.2 Å². The average molecular weight is 211 g/mol. The van der Waals surface area contributed by atoms with Crippen molar-refractivity contribution in [1.29, 1.82) is 0 Å². The van der Waals surface area contributed by atoms with E-state index in [9.17, 15) is 4.79 Å². The molecule has 0 spiro atoms. The van der Waals surface area contributed by atoms with Crippen molar-refractivity contribution in [3.63, 3.8) is 0 Å². The van der Waals surface area contributed by atoms with Crippen LogP contribution in [0.4, 0.5) is 5.82 Å². The summed E-state index contributed by atoms with van der Waals surface area (Å²) in [7, 11) is 0.